The van der Waals surface area contributed by atoms with Crippen LogP contribution in [0.3, 0.4) is 0 Å². The number of thiophene rings is 1. The molecule has 0 fully saturated rings. The maximum Gasteiger partial charge on any atom is 0.0608 e. The van der Waals surface area contributed by atoms with Gasteiger partial charge in [-0.05, 0) is 51.6 Å². The van der Waals surface area contributed by atoms with Crippen LogP contribution >= 0.6 is 50.5 Å². The Labute approximate surface area is 123 Å². The lowest BCUT2D eigenvalue weighted by Crippen LogP contribution is -2.17. The van der Waals surface area contributed by atoms with Gasteiger partial charge in [-0.15, -0.1) is 0 Å². The van der Waals surface area contributed by atoms with E-state index in [4.69, 9.17) is 23.2 Å². The molecule has 2 aromatic rings. The van der Waals surface area contributed by atoms with Crippen LogP contribution in [0.4, 0.5) is 0 Å². The van der Waals surface area contributed by atoms with E-state index >= 15 is 0 Å². The largest absolute Gasteiger partial charge is 0.309 e. The molecule has 0 radical (unpaired) electrons. The van der Waals surface area contributed by atoms with E-state index in [-0.39, 0.29) is 6.04 Å². The molecule has 1 N–H and O–H groups in total. The standard InChI is InChI=1S/C12H10BrCl2NS/c1-16-12(9-5-17-6-10(9)13)8-3-2-7(14)4-11(8)15/h2-6,12,16H,1H3. The molecule has 1 atom stereocenters. The summed E-state index contributed by atoms with van der Waals surface area (Å²) in [5.41, 5.74) is 2.21. The summed E-state index contributed by atoms with van der Waals surface area (Å²) in [6.07, 6.45) is 0. The van der Waals surface area contributed by atoms with Crippen molar-refractivity contribution in [3.05, 3.63) is 54.6 Å². The highest BCUT2D eigenvalue weighted by atomic mass is 79.9. The minimum atomic E-state index is 0.0698. The van der Waals surface area contributed by atoms with Crippen LogP contribution in [0.2, 0.25) is 10.0 Å². The summed E-state index contributed by atoms with van der Waals surface area (Å²) in [7, 11) is 1.92. The fraction of sp³-hybridized carbons (Fsp3) is 0.167. The minimum absolute atomic E-state index is 0.0698. The molecule has 5 heteroatoms. The van der Waals surface area contributed by atoms with Crippen molar-refractivity contribution in [3.63, 3.8) is 0 Å². The van der Waals surface area contributed by atoms with E-state index in [1.807, 2.05) is 19.2 Å². The SMILES string of the molecule is CNC(c1ccc(Cl)cc1Cl)c1cscc1Br. The van der Waals surface area contributed by atoms with Crippen LogP contribution in [0.5, 0.6) is 0 Å². The molecular formula is C12H10BrCl2NS. The van der Waals surface area contributed by atoms with Gasteiger partial charge in [-0.25, -0.2) is 0 Å². The first-order valence-electron chi connectivity index (χ1n) is 4.97. The Balaban J connectivity index is 2.46. The van der Waals surface area contributed by atoms with E-state index in [1.54, 1.807) is 17.4 Å². The van der Waals surface area contributed by atoms with Crippen molar-refractivity contribution < 1.29 is 0 Å². The Hall–Kier alpha value is -0.0600. The maximum atomic E-state index is 6.24. The fourth-order valence-electron chi connectivity index (χ4n) is 1.71. The average Bonchev–Trinajstić information content (AvgIpc) is 2.69. The molecule has 1 aromatic heterocycles. The molecule has 0 aliphatic heterocycles. The molecule has 1 aromatic carbocycles. The average molecular weight is 351 g/mol. The molecule has 2 rings (SSSR count). The molecule has 17 heavy (non-hydrogen) atoms. The molecule has 0 amide bonds. The molecule has 0 spiro atoms. The second-order valence-electron chi connectivity index (χ2n) is 3.56. The Bertz CT molecular complexity index is 527. The van der Waals surface area contributed by atoms with Crippen LogP contribution in [0, 0.1) is 0 Å². The lowest BCUT2D eigenvalue weighted by atomic mass is 10.0. The molecule has 0 aliphatic carbocycles. The van der Waals surface area contributed by atoms with Gasteiger partial charge in [0, 0.05) is 19.9 Å². The second kappa shape index (κ2) is 5.72. The van der Waals surface area contributed by atoms with E-state index in [1.165, 1.54) is 5.56 Å². The normalized spacial score (nSPS) is 12.7. The smallest absolute Gasteiger partial charge is 0.0608 e. The van der Waals surface area contributed by atoms with Gasteiger partial charge in [-0.3, -0.25) is 0 Å². The van der Waals surface area contributed by atoms with Crippen molar-refractivity contribution in [1.29, 1.82) is 0 Å². The second-order valence-corrected chi connectivity index (χ2v) is 6.00. The number of rotatable bonds is 3. The summed E-state index contributed by atoms with van der Waals surface area (Å²) in [6, 6.07) is 5.65. The summed E-state index contributed by atoms with van der Waals surface area (Å²) in [5.74, 6) is 0. The highest BCUT2D eigenvalue weighted by molar-refractivity contribution is 9.10. The number of hydrogen-bond donors (Lipinski definition) is 1. The van der Waals surface area contributed by atoms with E-state index < -0.39 is 0 Å². The van der Waals surface area contributed by atoms with E-state index in [9.17, 15) is 0 Å². The number of benzene rings is 1. The predicted octanol–water partition coefficient (Wildman–Crippen LogP) is 5.13. The first-order chi connectivity index (χ1) is 8.13. The summed E-state index contributed by atoms with van der Waals surface area (Å²) >= 11 is 17.3. The summed E-state index contributed by atoms with van der Waals surface area (Å²) < 4.78 is 1.09. The Kier molecular flexibility index (Phi) is 4.50. The predicted molar refractivity (Wildman–Crippen MR) is 79.4 cm³/mol. The zero-order chi connectivity index (χ0) is 12.4. The summed E-state index contributed by atoms with van der Waals surface area (Å²) in [4.78, 5) is 0. The number of hydrogen-bond acceptors (Lipinski definition) is 2. The van der Waals surface area contributed by atoms with Crippen molar-refractivity contribution in [1.82, 2.24) is 5.32 Å². The van der Waals surface area contributed by atoms with Crippen LogP contribution in [-0.2, 0) is 0 Å². The monoisotopic (exact) mass is 349 g/mol. The van der Waals surface area contributed by atoms with Crippen molar-refractivity contribution in [3.8, 4) is 0 Å². The molecule has 1 heterocycles. The van der Waals surface area contributed by atoms with Gasteiger partial charge >= 0.3 is 0 Å². The van der Waals surface area contributed by atoms with Gasteiger partial charge in [0.05, 0.1) is 6.04 Å². The van der Waals surface area contributed by atoms with Crippen LogP contribution in [-0.4, -0.2) is 7.05 Å². The van der Waals surface area contributed by atoms with Crippen LogP contribution in [0.1, 0.15) is 17.2 Å². The third-order valence-electron chi connectivity index (χ3n) is 2.52. The number of halogens is 3. The Morgan fingerprint density at radius 2 is 2.00 bits per heavy atom. The van der Waals surface area contributed by atoms with Crippen LogP contribution in [0.25, 0.3) is 0 Å². The Morgan fingerprint density at radius 1 is 1.24 bits per heavy atom. The third kappa shape index (κ3) is 2.85. The molecule has 0 saturated heterocycles. The minimum Gasteiger partial charge on any atom is -0.309 e. The molecule has 1 nitrogen and oxygen atoms in total. The molecule has 0 bridgehead atoms. The third-order valence-corrected chi connectivity index (χ3v) is 4.83. The molecule has 0 aliphatic rings. The van der Waals surface area contributed by atoms with E-state index in [0.717, 1.165) is 10.0 Å². The zero-order valence-electron chi connectivity index (χ0n) is 9.01. The molecule has 90 valence electrons. The topological polar surface area (TPSA) is 12.0 Å². The molecule has 0 saturated carbocycles. The van der Waals surface area contributed by atoms with E-state index in [0.29, 0.717) is 10.0 Å². The highest BCUT2D eigenvalue weighted by Crippen LogP contribution is 2.35. The van der Waals surface area contributed by atoms with E-state index in [2.05, 4.69) is 32.0 Å². The van der Waals surface area contributed by atoms with Gasteiger partial charge in [0.1, 0.15) is 0 Å². The Morgan fingerprint density at radius 3 is 2.53 bits per heavy atom. The summed E-state index contributed by atoms with van der Waals surface area (Å²) in [6.45, 7) is 0. The van der Waals surface area contributed by atoms with Crippen molar-refractivity contribution in [2.45, 2.75) is 6.04 Å². The lowest BCUT2D eigenvalue weighted by Gasteiger charge is -2.18. The van der Waals surface area contributed by atoms with Gasteiger partial charge in [0.15, 0.2) is 0 Å². The number of nitrogens with one attached hydrogen (secondary N) is 1. The van der Waals surface area contributed by atoms with Crippen LogP contribution < -0.4 is 5.32 Å². The van der Waals surface area contributed by atoms with Gasteiger partial charge in [-0.2, -0.15) is 11.3 Å². The van der Waals surface area contributed by atoms with Gasteiger partial charge in [-0.1, -0.05) is 29.3 Å². The lowest BCUT2D eigenvalue weighted by molar-refractivity contribution is 0.692. The van der Waals surface area contributed by atoms with Gasteiger partial charge in [0.25, 0.3) is 0 Å². The zero-order valence-corrected chi connectivity index (χ0v) is 12.9. The van der Waals surface area contributed by atoms with Crippen LogP contribution in [0.15, 0.2) is 33.4 Å². The fourth-order valence-corrected chi connectivity index (χ4v) is 3.78. The quantitative estimate of drug-likeness (QED) is 0.809. The molecular weight excluding hydrogens is 341 g/mol. The van der Waals surface area contributed by atoms with Gasteiger partial charge < -0.3 is 5.32 Å². The van der Waals surface area contributed by atoms with Crippen molar-refractivity contribution in [2.75, 3.05) is 7.05 Å². The molecule has 1 unspecified atom stereocenters. The highest BCUT2D eigenvalue weighted by Gasteiger charge is 2.18. The first-order valence-corrected chi connectivity index (χ1v) is 7.46. The summed E-state index contributed by atoms with van der Waals surface area (Å²) in [5, 5.41) is 8.76. The van der Waals surface area contributed by atoms with Gasteiger partial charge in [0.2, 0.25) is 0 Å². The van der Waals surface area contributed by atoms with Crippen molar-refractivity contribution in [2.24, 2.45) is 0 Å². The maximum absolute atomic E-state index is 6.24. The first kappa shape index (κ1) is 13.4. The van der Waals surface area contributed by atoms with Crippen molar-refractivity contribution >= 4 is 50.5 Å².